The molecule has 1 amide bonds. The summed E-state index contributed by atoms with van der Waals surface area (Å²) in [5, 5.41) is 0.177. The molecule has 0 radical (unpaired) electrons. The standard InChI is InChI=1S/C17H18F3N3O2/c1-11(24)22-7-4-12(5-8-22)10-23-9-6-14-13(16(23)25)2-3-15(21-14)17(18,19)20/h2-3,6,9,12H,4-5,7-8,10H2,1H3. The molecule has 1 fully saturated rings. The fraction of sp³-hybridized carbons (Fsp3) is 0.471. The number of piperidine rings is 1. The number of rotatable bonds is 2. The van der Waals surface area contributed by atoms with E-state index < -0.39 is 11.9 Å². The van der Waals surface area contributed by atoms with Crippen LogP contribution in [-0.4, -0.2) is 33.4 Å². The Bertz CT molecular complexity index is 852. The Kier molecular flexibility index (Phi) is 4.53. The smallest absolute Gasteiger partial charge is 0.343 e. The molecule has 1 aliphatic rings. The molecule has 5 nitrogen and oxygen atoms in total. The van der Waals surface area contributed by atoms with E-state index in [2.05, 4.69) is 4.98 Å². The number of aromatic nitrogens is 2. The second kappa shape index (κ2) is 6.50. The van der Waals surface area contributed by atoms with Crippen LogP contribution in [0.5, 0.6) is 0 Å². The Labute approximate surface area is 142 Å². The Morgan fingerprint density at radius 1 is 1.24 bits per heavy atom. The lowest BCUT2D eigenvalue weighted by atomic mass is 9.96. The summed E-state index contributed by atoms with van der Waals surface area (Å²) in [6.07, 6.45) is -1.44. The normalized spacial score (nSPS) is 16.4. The van der Waals surface area contributed by atoms with E-state index in [1.807, 2.05) is 0 Å². The lowest BCUT2D eigenvalue weighted by Crippen LogP contribution is -2.38. The second-order valence-electron chi connectivity index (χ2n) is 6.35. The third-order valence-corrected chi connectivity index (χ3v) is 4.63. The van der Waals surface area contributed by atoms with Gasteiger partial charge in [0.1, 0.15) is 5.69 Å². The van der Waals surface area contributed by atoms with Crippen LogP contribution in [0.4, 0.5) is 13.2 Å². The number of carbonyl (C=O) groups is 1. The van der Waals surface area contributed by atoms with E-state index in [0.717, 1.165) is 18.9 Å². The van der Waals surface area contributed by atoms with E-state index in [9.17, 15) is 22.8 Å². The molecule has 3 rings (SSSR count). The zero-order valence-electron chi connectivity index (χ0n) is 13.7. The Morgan fingerprint density at radius 3 is 2.52 bits per heavy atom. The zero-order valence-corrected chi connectivity index (χ0v) is 13.7. The molecular formula is C17H18F3N3O2. The number of alkyl halides is 3. The van der Waals surface area contributed by atoms with Crippen LogP contribution in [0.2, 0.25) is 0 Å². The highest BCUT2D eigenvalue weighted by Crippen LogP contribution is 2.28. The first-order valence-corrected chi connectivity index (χ1v) is 8.08. The van der Waals surface area contributed by atoms with E-state index in [0.29, 0.717) is 19.6 Å². The molecule has 25 heavy (non-hydrogen) atoms. The predicted octanol–water partition coefficient (Wildman–Crippen LogP) is 2.67. The van der Waals surface area contributed by atoms with Gasteiger partial charge in [0, 0.05) is 32.8 Å². The van der Waals surface area contributed by atoms with E-state index in [1.165, 1.54) is 29.8 Å². The molecule has 0 unspecified atom stereocenters. The highest BCUT2D eigenvalue weighted by molar-refractivity contribution is 5.77. The van der Waals surface area contributed by atoms with Gasteiger partial charge in [-0.05, 0) is 37.0 Å². The fourth-order valence-corrected chi connectivity index (χ4v) is 3.18. The summed E-state index contributed by atoms with van der Waals surface area (Å²) in [5.41, 5.74) is -1.30. The van der Waals surface area contributed by atoms with Crippen LogP contribution in [-0.2, 0) is 17.5 Å². The largest absolute Gasteiger partial charge is 0.433 e. The molecule has 0 N–H and O–H groups in total. The average Bonchev–Trinajstić information content (AvgIpc) is 2.57. The Hall–Kier alpha value is -2.38. The summed E-state index contributed by atoms with van der Waals surface area (Å²) in [7, 11) is 0. The molecule has 0 spiro atoms. The van der Waals surface area contributed by atoms with Crippen LogP contribution in [0.15, 0.2) is 29.2 Å². The van der Waals surface area contributed by atoms with Crippen molar-refractivity contribution in [2.75, 3.05) is 13.1 Å². The number of pyridine rings is 2. The SMILES string of the molecule is CC(=O)N1CCC(Cn2ccc3nc(C(F)(F)F)ccc3c2=O)CC1. The number of hydrogen-bond acceptors (Lipinski definition) is 3. The van der Waals surface area contributed by atoms with Crippen LogP contribution in [0.25, 0.3) is 10.9 Å². The van der Waals surface area contributed by atoms with Gasteiger partial charge in [-0.25, -0.2) is 4.98 Å². The van der Waals surface area contributed by atoms with Gasteiger partial charge in [-0.3, -0.25) is 9.59 Å². The number of carbonyl (C=O) groups excluding carboxylic acids is 1. The Morgan fingerprint density at radius 2 is 1.92 bits per heavy atom. The molecule has 8 heteroatoms. The molecule has 0 bridgehead atoms. The van der Waals surface area contributed by atoms with Gasteiger partial charge in [-0.15, -0.1) is 0 Å². The molecule has 2 aromatic rings. The molecule has 134 valence electrons. The lowest BCUT2D eigenvalue weighted by Gasteiger charge is -2.31. The summed E-state index contributed by atoms with van der Waals surface area (Å²) in [4.78, 5) is 29.2. The van der Waals surface area contributed by atoms with Crippen LogP contribution in [0, 0.1) is 5.92 Å². The number of halogens is 3. The van der Waals surface area contributed by atoms with Gasteiger partial charge < -0.3 is 9.47 Å². The molecule has 0 saturated carbocycles. The van der Waals surface area contributed by atoms with Gasteiger partial charge in [0.2, 0.25) is 5.91 Å². The third kappa shape index (κ3) is 3.67. The number of hydrogen-bond donors (Lipinski definition) is 0. The van der Waals surface area contributed by atoms with Gasteiger partial charge in [-0.1, -0.05) is 0 Å². The van der Waals surface area contributed by atoms with Crippen LogP contribution in [0.3, 0.4) is 0 Å². The van der Waals surface area contributed by atoms with Crippen molar-refractivity contribution in [3.8, 4) is 0 Å². The predicted molar refractivity (Wildman–Crippen MR) is 86.0 cm³/mol. The highest BCUT2D eigenvalue weighted by Gasteiger charge is 2.32. The van der Waals surface area contributed by atoms with Crippen molar-refractivity contribution in [2.45, 2.75) is 32.5 Å². The maximum atomic E-state index is 12.7. The van der Waals surface area contributed by atoms with Crippen molar-refractivity contribution in [3.05, 3.63) is 40.4 Å². The van der Waals surface area contributed by atoms with Gasteiger partial charge >= 0.3 is 6.18 Å². The van der Waals surface area contributed by atoms with Crippen molar-refractivity contribution in [3.63, 3.8) is 0 Å². The van der Waals surface area contributed by atoms with Gasteiger partial charge in [0.05, 0.1) is 10.9 Å². The van der Waals surface area contributed by atoms with E-state index in [-0.39, 0.29) is 28.3 Å². The van der Waals surface area contributed by atoms with E-state index in [1.54, 1.807) is 4.90 Å². The molecular weight excluding hydrogens is 335 g/mol. The second-order valence-corrected chi connectivity index (χ2v) is 6.35. The highest BCUT2D eigenvalue weighted by atomic mass is 19.4. The van der Waals surface area contributed by atoms with Crippen molar-refractivity contribution >= 4 is 16.8 Å². The number of nitrogens with zero attached hydrogens (tertiary/aromatic N) is 3. The minimum absolute atomic E-state index is 0.0440. The van der Waals surface area contributed by atoms with Crippen molar-refractivity contribution in [1.82, 2.24) is 14.5 Å². The van der Waals surface area contributed by atoms with Gasteiger partial charge in [0.25, 0.3) is 5.56 Å². The molecule has 0 aliphatic carbocycles. The molecule has 2 aromatic heterocycles. The molecule has 0 atom stereocenters. The molecule has 1 aliphatic heterocycles. The molecule has 0 aromatic carbocycles. The summed E-state index contributed by atoms with van der Waals surface area (Å²) in [6, 6.07) is 3.46. The first kappa shape index (κ1) is 17.4. The van der Waals surface area contributed by atoms with Gasteiger partial charge in [-0.2, -0.15) is 13.2 Å². The number of amides is 1. The van der Waals surface area contributed by atoms with Crippen molar-refractivity contribution < 1.29 is 18.0 Å². The first-order chi connectivity index (χ1) is 11.8. The molecule has 3 heterocycles. The van der Waals surface area contributed by atoms with E-state index >= 15 is 0 Å². The topological polar surface area (TPSA) is 55.2 Å². The third-order valence-electron chi connectivity index (χ3n) is 4.63. The quantitative estimate of drug-likeness (QED) is 0.834. The Balaban J connectivity index is 1.81. The summed E-state index contributed by atoms with van der Waals surface area (Å²) in [5.74, 6) is 0.307. The monoisotopic (exact) mass is 353 g/mol. The van der Waals surface area contributed by atoms with Crippen LogP contribution < -0.4 is 5.56 Å². The maximum Gasteiger partial charge on any atom is 0.433 e. The van der Waals surface area contributed by atoms with Crippen LogP contribution in [0.1, 0.15) is 25.5 Å². The lowest BCUT2D eigenvalue weighted by molar-refractivity contribution is -0.141. The fourth-order valence-electron chi connectivity index (χ4n) is 3.18. The minimum Gasteiger partial charge on any atom is -0.343 e. The summed E-state index contributed by atoms with van der Waals surface area (Å²) >= 11 is 0. The number of fused-ring (bicyclic) bond motifs is 1. The first-order valence-electron chi connectivity index (χ1n) is 8.08. The maximum absolute atomic E-state index is 12.7. The minimum atomic E-state index is -4.53. The van der Waals surface area contributed by atoms with Crippen molar-refractivity contribution in [1.29, 1.82) is 0 Å². The summed E-state index contributed by atoms with van der Waals surface area (Å²) in [6.45, 7) is 3.36. The number of likely N-dealkylation sites (tertiary alicyclic amines) is 1. The summed E-state index contributed by atoms with van der Waals surface area (Å²) < 4.78 is 39.7. The van der Waals surface area contributed by atoms with Crippen molar-refractivity contribution in [2.24, 2.45) is 5.92 Å². The van der Waals surface area contributed by atoms with E-state index in [4.69, 9.17) is 0 Å². The average molecular weight is 353 g/mol. The molecule has 1 saturated heterocycles. The van der Waals surface area contributed by atoms with Crippen LogP contribution >= 0.6 is 0 Å². The zero-order chi connectivity index (χ0) is 18.2. The van der Waals surface area contributed by atoms with Gasteiger partial charge in [0.15, 0.2) is 0 Å².